The van der Waals surface area contributed by atoms with Crippen LogP contribution in [-0.2, 0) is 11.3 Å². The van der Waals surface area contributed by atoms with Crippen LogP contribution in [0.4, 0.5) is 0 Å². The number of carbonyl (C=O) groups excluding carboxylic acids is 1. The molecule has 2 atom stereocenters. The molecule has 1 fully saturated rings. The Bertz CT molecular complexity index is 1200. The first kappa shape index (κ1) is 22.6. The molecule has 9 nitrogen and oxygen atoms in total. The van der Waals surface area contributed by atoms with Gasteiger partial charge in [0, 0.05) is 24.8 Å². The highest BCUT2D eigenvalue weighted by Gasteiger charge is 2.35. The molecule has 180 valence electrons. The number of aromatic nitrogens is 5. The van der Waals surface area contributed by atoms with Gasteiger partial charge in [-0.25, -0.2) is 14.6 Å². The summed E-state index contributed by atoms with van der Waals surface area (Å²) in [5.41, 5.74) is 8.69. The molecular formula is C25H33N7O2. The maximum atomic E-state index is 12.3. The predicted octanol–water partition coefficient (Wildman–Crippen LogP) is 3.08. The Morgan fingerprint density at radius 3 is 2.71 bits per heavy atom. The quantitative estimate of drug-likeness (QED) is 0.624. The number of fused-ring (bicyclic) bond motifs is 3. The molecule has 0 unspecified atom stereocenters. The van der Waals surface area contributed by atoms with Crippen LogP contribution in [0.3, 0.4) is 0 Å². The molecular weight excluding hydrogens is 430 g/mol. The second-order valence-electron chi connectivity index (χ2n) is 9.86. The molecule has 1 aromatic carbocycles. The van der Waals surface area contributed by atoms with E-state index in [1.54, 1.807) is 6.33 Å². The lowest BCUT2D eigenvalue weighted by Crippen LogP contribution is -2.47. The average Bonchev–Trinajstić information content (AvgIpc) is 3.43. The number of benzene rings is 1. The molecule has 1 amide bonds. The van der Waals surface area contributed by atoms with E-state index in [9.17, 15) is 4.79 Å². The van der Waals surface area contributed by atoms with Crippen LogP contribution in [0.1, 0.15) is 51.6 Å². The summed E-state index contributed by atoms with van der Waals surface area (Å²) in [6.45, 7) is 11.4. The number of hydrogen-bond acceptors (Lipinski definition) is 6. The normalized spacial score (nSPS) is 20.6. The fourth-order valence-electron chi connectivity index (χ4n) is 5.18. The fourth-order valence-corrected chi connectivity index (χ4v) is 5.18. The average molecular weight is 464 g/mol. The summed E-state index contributed by atoms with van der Waals surface area (Å²) in [7, 11) is 0. The van der Waals surface area contributed by atoms with E-state index in [1.807, 2.05) is 10.9 Å². The van der Waals surface area contributed by atoms with Crippen LogP contribution >= 0.6 is 0 Å². The summed E-state index contributed by atoms with van der Waals surface area (Å²) in [4.78, 5) is 24.1. The molecule has 5 rings (SSSR count). The van der Waals surface area contributed by atoms with Crippen molar-refractivity contribution in [2.45, 2.75) is 58.7 Å². The Kier molecular flexibility index (Phi) is 5.89. The van der Waals surface area contributed by atoms with Crippen molar-refractivity contribution in [1.29, 1.82) is 0 Å². The number of primary amides is 1. The van der Waals surface area contributed by atoms with Crippen molar-refractivity contribution in [3.63, 3.8) is 0 Å². The molecule has 4 heterocycles. The molecule has 2 aliphatic rings. The van der Waals surface area contributed by atoms with Crippen LogP contribution in [0.2, 0.25) is 0 Å². The molecule has 0 spiro atoms. The molecule has 0 saturated carbocycles. The highest BCUT2D eigenvalue weighted by Crippen LogP contribution is 2.40. The number of hydrogen-bond donors (Lipinski definition) is 1. The molecule has 34 heavy (non-hydrogen) atoms. The highest BCUT2D eigenvalue weighted by molar-refractivity contribution is 5.78. The predicted molar refractivity (Wildman–Crippen MR) is 129 cm³/mol. The maximum Gasteiger partial charge on any atom is 0.222 e. The number of nitrogens with two attached hydrogens (primary N) is 1. The minimum Gasteiger partial charge on any atom is -0.491 e. The SMILES string of the molecule is CC(C)N1CC[C@H](c2ccc3c(c2)OCCn2cc(-c4ncnn4C(C)C)nc2-3)[C@H](C(N)=O)C1. The largest absolute Gasteiger partial charge is 0.491 e. The molecule has 9 heteroatoms. The van der Waals surface area contributed by atoms with E-state index in [1.165, 1.54) is 0 Å². The fraction of sp³-hybridized carbons (Fsp3) is 0.520. The molecule has 0 radical (unpaired) electrons. The molecule has 2 aromatic heterocycles. The van der Waals surface area contributed by atoms with E-state index in [0.29, 0.717) is 25.7 Å². The first-order valence-corrected chi connectivity index (χ1v) is 12.1. The van der Waals surface area contributed by atoms with Gasteiger partial charge in [-0.15, -0.1) is 0 Å². The number of ether oxygens (including phenoxy) is 1. The lowest BCUT2D eigenvalue weighted by molar-refractivity contribution is -0.124. The van der Waals surface area contributed by atoms with Crippen molar-refractivity contribution in [2.75, 3.05) is 19.7 Å². The van der Waals surface area contributed by atoms with Crippen molar-refractivity contribution in [1.82, 2.24) is 29.2 Å². The van der Waals surface area contributed by atoms with Crippen LogP contribution < -0.4 is 10.5 Å². The number of carbonyl (C=O) groups is 1. The smallest absolute Gasteiger partial charge is 0.222 e. The van der Waals surface area contributed by atoms with Crippen LogP contribution in [-0.4, -0.2) is 60.9 Å². The summed E-state index contributed by atoms with van der Waals surface area (Å²) in [5, 5.41) is 4.35. The minimum atomic E-state index is -0.235. The number of imidazole rings is 1. The second kappa shape index (κ2) is 8.87. The van der Waals surface area contributed by atoms with Crippen molar-refractivity contribution in [3.8, 4) is 28.7 Å². The monoisotopic (exact) mass is 463 g/mol. The molecule has 0 aliphatic carbocycles. The van der Waals surface area contributed by atoms with Crippen molar-refractivity contribution in [2.24, 2.45) is 11.7 Å². The zero-order valence-corrected chi connectivity index (χ0v) is 20.3. The van der Waals surface area contributed by atoms with Gasteiger partial charge in [0.15, 0.2) is 5.82 Å². The third kappa shape index (κ3) is 3.98. The number of amides is 1. The van der Waals surface area contributed by atoms with Gasteiger partial charge in [-0.05, 0) is 64.3 Å². The zero-order chi connectivity index (χ0) is 24.0. The third-order valence-electron chi connectivity index (χ3n) is 7.07. The number of likely N-dealkylation sites (tertiary alicyclic amines) is 1. The lowest BCUT2D eigenvalue weighted by atomic mass is 9.79. The summed E-state index contributed by atoms with van der Waals surface area (Å²) in [6.07, 6.45) is 4.49. The molecule has 2 N–H and O–H groups in total. The van der Waals surface area contributed by atoms with Crippen LogP contribution in [0, 0.1) is 5.92 Å². The van der Waals surface area contributed by atoms with Gasteiger partial charge in [-0.2, -0.15) is 5.10 Å². The van der Waals surface area contributed by atoms with Gasteiger partial charge in [0.2, 0.25) is 5.91 Å². The van der Waals surface area contributed by atoms with Gasteiger partial charge in [0.05, 0.1) is 18.0 Å². The van der Waals surface area contributed by atoms with Crippen LogP contribution in [0.15, 0.2) is 30.7 Å². The number of piperidine rings is 1. The molecule has 3 aromatic rings. The Balaban J connectivity index is 1.49. The van der Waals surface area contributed by atoms with Crippen molar-refractivity contribution >= 4 is 5.91 Å². The minimum absolute atomic E-state index is 0.0875. The van der Waals surface area contributed by atoms with Gasteiger partial charge in [0.25, 0.3) is 0 Å². The van der Waals surface area contributed by atoms with E-state index in [4.69, 9.17) is 15.5 Å². The first-order chi connectivity index (χ1) is 16.3. The number of nitrogens with zero attached hydrogens (tertiary/aromatic N) is 6. The molecule has 0 bridgehead atoms. The maximum absolute atomic E-state index is 12.3. The van der Waals surface area contributed by atoms with E-state index in [-0.39, 0.29) is 23.8 Å². The molecule has 1 saturated heterocycles. The lowest BCUT2D eigenvalue weighted by Gasteiger charge is -2.39. The van der Waals surface area contributed by atoms with E-state index >= 15 is 0 Å². The summed E-state index contributed by atoms with van der Waals surface area (Å²) < 4.78 is 10.2. The van der Waals surface area contributed by atoms with E-state index in [0.717, 1.165) is 47.2 Å². The van der Waals surface area contributed by atoms with Crippen LogP contribution in [0.25, 0.3) is 22.9 Å². The van der Waals surface area contributed by atoms with Gasteiger partial charge in [0.1, 0.15) is 30.2 Å². The van der Waals surface area contributed by atoms with Crippen molar-refractivity contribution < 1.29 is 9.53 Å². The first-order valence-electron chi connectivity index (χ1n) is 12.1. The summed E-state index contributed by atoms with van der Waals surface area (Å²) >= 11 is 0. The Labute approximate surface area is 199 Å². The molecule has 2 aliphatic heterocycles. The Morgan fingerprint density at radius 1 is 1.15 bits per heavy atom. The second-order valence-corrected chi connectivity index (χ2v) is 9.86. The standard InChI is InChI=1S/C25H33N7O2/c1-15(2)30-8-7-18(20(12-30)23(26)33)17-5-6-19-22(11-17)34-10-9-31-13-21(29-24(19)31)25-27-14-28-32(25)16(3)4/h5-6,11,13-16,18,20H,7-10,12H2,1-4H3,(H2,26,33)/t18-,20-/m1/s1. The Hall–Kier alpha value is -3.20. The zero-order valence-electron chi connectivity index (χ0n) is 20.3. The van der Waals surface area contributed by atoms with Gasteiger partial charge in [-0.3, -0.25) is 4.79 Å². The summed E-state index contributed by atoms with van der Waals surface area (Å²) in [5.74, 6) is 2.05. The van der Waals surface area contributed by atoms with Gasteiger partial charge >= 0.3 is 0 Å². The van der Waals surface area contributed by atoms with E-state index < -0.39 is 0 Å². The summed E-state index contributed by atoms with van der Waals surface area (Å²) in [6, 6.07) is 6.85. The Morgan fingerprint density at radius 2 is 1.97 bits per heavy atom. The highest BCUT2D eigenvalue weighted by atomic mass is 16.5. The van der Waals surface area contributed by atoms with Crippen molar-refractivity contribution in [3.05, 3.63) is 36.3 Å². The third-order valence-corrected chi connectivity index (χ3v) is 7.07. The van der Waals surface area contributed by atoms with Crippen LogP contribution in [0.5, 0.6) is 5.75 Å². The van der Waals surface area contributed by atoms with Gasteiger partial charge < -0.3 is 19.9 Å². The number of rotatable bonds is 5. The topological polar surface area (TPSA) is 104 Å². The van der Waals surface area contributed by atoms with E-state index in [2.05, 4.69) is 65.4 Å². The van der Waals surface area contributed by atoms with Gasteiger partial charge in [-0.1, -0.05) is 6.07 Å².